The summed E-state index contributed by atoms with van der Waals surface area (Å²) in [5, 5.41) is 0. The van der Waals surface area contributed by atoms with E-state index in [1.165, 1.54) is 159 Å². The third-order valence-electron chi connectivity index (χ3n) is 23.9. The Morgan fingerprint density at radius 2 is 0.828 bits per heavy atom. The van der Waals surface area contributed by atoms with Crippen LogP contribution < -0.4 is 0 Å². The molecule has 0 aromatic rings. The van der Waals surface area contributed by atoms with Gasteiger partial charge in [-0.1, -0.05) is 317 Å². The fourth-order valence-electron chi connectivity index (χ4n) is 15.9. The molecule has 0 amide bonds. The first-order valence-corrected chi connectivity index (χ1v) is 50.7. The van der Waals surface area contributed by atoms with Crippen LogP contribution >= 0.6 is 11.8 Å². The minimum atomic E-state index is -2.40. The van der Waals surface area contributed by atoms with Crippen LogP contribution in [0.25, 0.3) is 0 Å². The predicted octanol–water partition coefficient (Wildman–Crippen LogP) is 37.2. The average Bonchev–Trinajstić information content (AvgIpc) is 1.62. The van der Waals surface area contributed by atoms with E-state index in [0.717, 1.165) is 179 Å². The first kappa shape index (κ1) is 120. The summed E-state index contributed by atoms with van der Waals surface area (Å²) in [5.41, 5.74) is -0.712. The van der Waals surface area contributed by atoms with Gasteiger partial charge >= 0.3 is 0 Å². The second kappa shape index (κ2) is 66.0. The van der Waals surface area contributed by atoms with Crippen molar-refractivity contribution in [2.24, 2.45) is 136 Å². The average molecular weight is 1680 g/mol. The third-order valence-corrected chi connectivity index (χ3v) is 25.3. The fraction of sp³-hybridized carbons (Fsp3) is 0.981. The van der Waals surface area contributed by atoms with E-state index < -0.39 is 35.0 Å². The maximum atomic E-state index is 13.2. The Kier molecular flexibility index (Phi) is 68.0. The topological polar surface area (TPSA) is 18.5 Å². The first-order valence-electron chi connectivity index (χ1n) is 49.5. The van der Waals surface area contributed by atoms with Gasteiger partial charge in [-0.05, 0) is 258 Å². The van der Waals surface area contributed by atoms with E-state index in [1.54, 1.807) is 21.0 Å². The lowest BCUT2D eigenvalue weighted by Gasteiger charge is -2.35. The van der Waals surface area contributed by atoms with Crippen molar-refractivity contribution in [3.8, 4) is 0 Å². The molecular formula is C105H206F8O2S. The van der Waals surface area contributed by atoms with Crippen molar-refractivity contribution in [1.29, 1.82) is 0 Å². The summed E-state index contributed by atoms with van der Waals surface area (Å²) in [5.74, 6) is 10.1. The lowest BCUT2D eigenvalue weighted by molar-refractivity contribution is -0.122. The molecule has 11 heteroatoms. The highest BCUT2D eigenvalue weighted by atomic mass is 32.2. The molecule has 2 aliphatic heterocycles. The molecule has 2 saturated heterocycles. The lowest BCUT2D eigenvalue weighted by Crippen LogP contribution is -2.37. The minimum Gasteiger partial charge on any atom is -0.385 e. The summed E-state index contributed by atoms with van der Waals surface area (Å²) >= 11 is 2.09. The zero-order valence-corrected chi connectivity index (χ0v) is 84.3. The molecule has 0 spiro atoms. The van der Waals surface area contributed by atoms with Gasteiger partial charge in [0.1, 0.15) is 11.3 Å². The van der Waals surface area contributed by atoms with Gasteiger partial charge < -0.3 is 9.47 Å². The molecule has 0 aromatic heterocycles. The van der Waals surface area contributed by atoms with Crippen LogP contribution in [0.5, 0.6) is 0 Å². The van der Waals surface area contributed by atoms with E-state index in [-0.39, 0.29) is 31.1 Å². The number of hydrogen-bond donors (Lipinski definition) is 0. The van der Waals surface area contributed by atoms with Crippen molar-refractivity contribution in [2.45, 2.75) is 488 Å². The third kappa shape index (κ3) is 72.7. The Hall–Kier alpha value is -0.550. The molecule has 2 atom stereocenters. The SMILES string of the molecule is CC(C)C(F)(F)C1CCC1.CC(C)CC1(C)CC1.CC(C)CC1(F)CC1.CC(C)CC1(F)CCC1.CC(C)CC1C=CCC1.CC(C)CC1CC(F)(F)C1.CC(C)CC1CC1(F)F.CC(C)CC1CCC1.CC(C)CC1COC1.CC(C)CC1CSC1.CC(C)CCC1CCC1.CCCC(C)C.CCCCC(C)C.COCCC(C)C. The molecule has 8 saturated carbocycles. The Morgan fingerprint density at radius 3 is 0.991 bits per heavy atom. The van der Waals surface area contributed by atoms with Gasteiger partial charge in [-0.15, -0.1) is 0 Å². The molecule has 2 nitrogen and oxygen atoms in total. The van der Waals surface area contributed by atoms with Crippen molar-refractivity contribution in [2.75, 3.05) is 38.4 Å². The number of alkyl halides is 8. The van der Waals surface area contributed by atoms with Crippen LogP contribution in [-0.4, -0.2) is 67.5 Å². The van der Waals surface area contributed by atoms with Crippen LogP contribution in [0.1, 0.15) is 459 Å². The summed E-state index contributed by atoms with van der Waals surface area (Å²) in [6.07, 6.45) is 47.9. The van der Waals surface area contributed by atoms with Gasteiger partial charge in [-0.2, -0.15) is 11.8 Å². The number of allylic oxidation sites excluding steroid dienone is 2. The number of ether oxygens (including phenoxy) is 2. The molecule has 0 bridgehead atoms. The number of hydrogen-bond acceptors (Lipinski definition) is 3. The number of unbranched alkanes of at least 4 members (excludes halogenated alkanes) is 1. The van der Waals surface area contributed by atoms with Crippen molar-refractivity contribution < 1.29 is 44.6 Å². The standard InChI is InChI=1S/C9H18.C9H16.2C8H14F2.C8H15F.2C8H16.C7H12F2.C7H13F.C7H14O.C7H14S.C7H16.C6H14O.C6H14/c1-8(2)6-7-9-4-3-5-9;1-8(2)7-9-5-3-4-6-9;1-6(2)3-7-4-8(9,10)5-7;1-6(2)8(9,10)7-4-3-5-7;1-7(2)6-8(9)4-3-5-8;1-7(2)6-8(3)4-5-8;1-7(2)6-8-4-3-5-8;1-5(2)3-6-4-7(6,8)9;1-6(2)5-7(8)3-4-7;2*1-6(2)3-7-4-8-5-7;1-4-5-6-7(2)3;1-6(2)4-5-7-3;1-4-5-6(2)3/h8-9H,3-7H2,1-2H3;3,5,8-9H,4,6-7H2,1-2H3;2*6-7H,3-5H2,1-2H3;7H,3-6H2,1-2H3;7H,4-6H2,1-3H3;7-8H,3-6H2,1-2H3;5-6H,3-4H2,1-2H3;6H,3-5H2,1-2H3;2*6-7H,3-5H2,1-2H3;7H,4-6H2,1-3H3;6H,4-5H2,1-3H3;6H,4-5H2,1-3H3. The van der Waals surface area contributed by atoms with E-state index in [1.807, 2.05) is 13.8 Å². The minimum absolute atomic E-state index is 0.130. The lowest BCUT2D eigenvalue weighted by atomic mass is 9.77. The largest absolute Gasteiger partial charge is 0.385 e. The van der Waals surface area contributed by atoms with E-state index in [2.05, 4.69) is 211 Å². The summed E-state index contributed by atoms with van der Waals surface area (Å²) in [7, 11) is 1.74. The zero-order valence-electron chi connectivity index (χ0n) is 83.5. The molecule has 0 N–H and O–H groups in total. The smallest absolute Gasteiger partial charge is 0.253 e. The molecule has 116 heavy (non-hydrogen) atoms. The molecule has 2 heterocycles. The molecule has 700 valence electrons. The summed E-state index contributed by atoms with van der Waals surface area (Å²) in [6, 6.07) is 0. The van der Waals surface area contributed by atoms with Crippen molar-refractivity contribution in [3.05, 3.63) is 12.2 Å². The van der Waals surface area contributed by atoms with E-state index in [0.29, 0.717) is 36.0 Å². The highest BCUT2D eigenvalue weighted by molar-refractivity contribution is 8.00. The molecule has 9 aliphatic carbocycles. The monoisotopic (exact) mass is 1680 g/mol. The van der Waals surface area contributed by atoms with Gasteiger partial charge in [0.25, 0.3) is 11.8 Å². The molecule has 11 aliphatic rings. The van der Waals surface area contributed by atoms with Crippen LogP contribution in [0.2, 0.25) is 0 Å². The Balaban J connectivity index is -0.00000119. The van der Waals surface area contributed by atoms with Crippen LogP contribution in [0, 0.1) is 136 Å². The second-order valence-electron chi connectivity index (χ2n) is 44.8. The highest BCUT2D eigenvalue weighted by Crippen LogP contribution is 2.52. The molecular weight excluding hydrogens is 1480 g/mol. The summed E-state index contributed by atoms with van der Waals surface area (Å²) in [6.45, 7) is 70.5. The Labute approximate surface area is 726 Å². The van der Waals surface area contributed by atoms with Crippen molar-refractivity contribution >= 4 is 11.8 Å². The normalized spacial score (nSPS) is 21.3. The van der Waals surface area contributed by atoms with Gasteiger partial charge in [-0.25, -0.2) is 35.1 Å². The van der Waals surface area contributed by atoms with Crippen molar-refractivity contribution in [1.82, 2.24) is 0 Å². The van der Waals surface area contributed by atoms with Crippen LogP contribution in [-0.2, 0) is 9.47 Å². The molecule has 0 aromatic carbocycles. The summed E-state index contributed by atoms with van der Waals surface area (Å²) in [4.78, 5) is 0. The molecule has 2 unspecified atom stereocenters. The van der Waals surface area contributed by atoms with Crippen molar-refractivity contribution in [3.63, 3.8) is 0 Å². The highest BCUT2D eigenvalue weighted by Gasteiger charge is 2.56. The van der Waals surface area contributed by atoms with Crippen LogP contribution in [0.15, 0.2) is 12.2 Å². The van der Waals surface area contributed by atoms with Gasteiger partial charge in [0.2, 0.25) is 5.92 Å². The maximum absolute atomic E-state index is 13.2. The fourth-order valence-corrected chi connectivity index (χ4v) is 16.7. The van der Waals surface area contributed by atoms with Gasteiger partial charge in [0.05, 0.1) is 13.2 Å². The maximum Gasteiger partial charge on any atom is 0.253 e. The predicted molar refractivity (Wildman–Crippen MR) is 502 cm³/mol. The molecule has 10 fully saturated rings. The second-order valence-corrected chi connectivity index (χ2v) is 45.9. The first-order chi connectivity index (χ1) is 53.7. The quantitative estimate of drug-likeness (QED) is 0.0509. The van der Waals surface area contributed by atoms with Gasteiger partial charge in [0.15, 0.2) is 0 Å². The van der Waals surface area contributed by atoms with Gasteiger partial charge in [-0.3, -0.25) is 0 Å². The Bertz CT molecular complexity index is 2110. The van der Waals surface area contributed by atoms with E-state index in [9.17, 15) is 35.1 Å². The molecule has 0 radical (unpaired) electrons. The van der Waals surface area contributed by atoms with E-state index in [4.69, 9.17) is 9.47 Å². The Morgan fingerprint density at radius 1 is 0.414 bits per heavy atom. The van der Waals surface area contributed by atoms with E-state index >= 15 is 0 Å². The van der Waals surface area contributed by atoms with Crippen LogP contribution in [0.4, 0.5) is 35.1 Å². The number of thioether (sulfide) groups is 1. The van der Waals surface area contributed by atoms with Crippen LogP contribution in [0.3, 0.4) is 0 Å². The van der Waals surface area contributed by atoms with Gasteiger partial charge in [0, 0.05) is 56.7 Å². The number of halogens is 8. The summed E-state index contributed by atoms with van der Waals surface area (Å²) < 4.78 is 111. The molecule has 11 rings (SSSR count). The number of methoxy groups -OCH3 is 1. The zero-order chi connectivity index (χ0) is 89.6. The number of rotatable bonds is 31.